The minimum Gasteiger partial charge on any atom is -0.508 e. The van der Waals surface area contributed by atoms with Gasteiger partial charge in [0, 0.05) is 6.42 Å². The Hall–Kier alpha value is -3.07. The number of phenols is 1. The Bertz CT molecular complexity index is 785. The molecule has 0 radical (unpaired) electrons. The normalized spacial score (nSPS) is 11.7. The molecule has 0 bridgehead atoms. The number of benzene rings is 2. The second-order valence-corrected chi connectivity index (χ2v) is 6.31. The molecule has 0 aliphatic carbocycles. The lowest BCUT2D eigenvalue weighted by molar-refractivity contribution is -0.147. The second kappa shape index (κ2) is 11.8. The summed E-state index contributed by atoms with van der Waals surface area (Å²) in [5.41, 5.74) is 6.01. The molecule has 2 rings (SSSR count). The number of aryl methyl sites for hydroxylation is 1. The number of hydrogen-bond acceptors (Lipinski definition) is 5. The zero-order valence-electron chi connectivity index (χ0n) is 16.7. The highest BCUT2D eigenvalue weighted by Gasteiger charge is 2.30. The Morgan fingerprint density at radius 3 is 2.10 bits per heavy atom. The van der Waals surface area contributed by atoms with Crippen molar-refractivity contribution >= 4 is 11.9 Å². The molecule has 0 fully saturated rings. The van der Waals surface area contributed by atoms with Gasteiger partial charge in [-0.3, -0.25) is 4.79 Å². The number of aromatic hydroxyl groups is 1. The summed E-state index contributed by atoms with van der Waals surface area (Å²) in [5, 5.41) is 11.1. The van der Waals surface area contributed by atoms with Crippen molar-refractivity contribution in [2.75, 3.05) is 13.2 Å². The minimum atomic E-state index is -4.42. The van der Waals surface area contributed by atoms with Crippen LogP contribution in [0.2, 0.25) is 0 Å². The zero-order valence-corrected chi connectivity index (χ0v) is 16.7. The topological polar surface area (TPSA) is 102 Å². The summed E-state index contributed by atoms with van der Waals surface area (Å²) in [6.07, 6.45) is -4.41. The Balaban J connectivity index is 0.000000467. The smallest absolute Gasteiger partial charge is 0.416 e. The third-order valence-corrected chi connectivity index (χ3v) is 3.85. The number of carbonyl (C=O) groups excluding carboxylic acids is 2. The maximum absolute atomic E-state index is 12.5. The first kappa shape index (κ1) is 25.0. The van der Waals surface area contributed by atoms with E-state index in [9.17, 15) is 22.8 Å². The van der Waals surface area contributed by atoms with E-state index in [-0.39, 0.29) is 19.6 Å². The van der Waals surface area contributed by atoms with Crippen LogP contribution in [0.25, 0.3) is 0 Å². The van der Waals surface area contributed by atoms with Crippen LogP contribution in [0.5, 0.6) is 5.75 Å². The Morgan fingerprint density at radius 2 is 1.67 bits per heavy atom. The molecule has 1 amide bonds. The molecule has 6 nitrogen and oxygen atoms in total. The van der Waals surface area contributed by atoms with Crippen molar-refractivity contribution in [2.24, 2.45) is 5.73 Å². The van der Waals surface area contributed by atoms with Gasteiger partial charge in [0.25, 0.3) is 0 Å². The van der Waals surface area contributed by atoms with Crippen LogP contribution in [0.15, 0.2) is 48.5 Å². The lowest BCUT2D eigenvalue weighted by Crippen LogP contribution is -2.45. The first-order valence-electron chi connectivity index (χ1n) is 9.14. The molecule has 30 heavy (non-hydrogen) atoms. The Kier molecular flexibility index (Phi) is 9.83. The van der Waals surface area contributed by atoms with Crippen LogP contribution in [-0.2, 0) is 26.9 Å². The van der Waals surface area contributed by atoms with Gasteiger partial charge < -0.3 is 20.9 Å². The molecule has 2 aromatic carbocycles. The number of amides is 1. The molecule has 0 heterocycles. The number of halogens is 3. The van der Waals surface area contributed by atoms with Crippen LogP contribution >= 0.6 is 0 Å². The van der Waals surface area contributed by atoms with Crippen LogP contribution in [0.4, 0.5) is 13.2 Å². The molecule has 0 aromatic heterocycles. The van der Waals surface area contributed by atoms with Gasteiger partial charge in [-0.05, 0) is 43.7 Å². The van der Waals surface area contributed by atoms with Gasteiger partial charge in [0.1, 0.15) is 11.8 Å². The van der Waals surface area contributed by atoms with Gasteiger partial charge in [-0.2, -0.15) is 13.2 Å². The van der Waals surface area contributed by atoms with E-state index < -0.39 is 29.7 Å². The van der Waals surface area contributed by atoms with Crippen LogP contribution in [-0.4, -0.2) is 36.2 Å². The SMILES string of the molecule is CCOC(=O)C(Cc1ccc(C(F)(F)F)cc1)NC(=O)CN.Cc1ccc(O)cc1. The molecule has 0 saturated heterocycles. The Labute approximate surface area is 172 Å². The molecule has 2 aromatic rings. The summed E-state index contributed by atoms with van der Waals surface area (Å²) in [4.78, 5) is 23.1. The molecule has 0 aliphatic heterocycles. The van der Waals surface area contributed by atoms with E-state index in [0.717, 1.165) is 12.1 Å². The number of alkyl halides is 3. The van der Waals surface area contributed by atoms with E-state index in [0.29, 0.717) is 11.3 Å². The molecule has 1 unspecified atom stereocenters. The summed E-state index contributed by atoms with van der Waals surface area (Å²) < 4.78 is 42.3. The summed E-state index contributed by atoms with van der Waals surface area (Å²) in [7, 11) is 0. The second-order valence-electron chi connectivity index (χ2n) is 6.31. The van der Waals surface area contributed by atoms with E-state index in [2.05, 4.69) is 5.32 Å². The number of ether oxygens (including phenoxy) is 1. The first-order chi connectivity index (χ1) is 14.1. The largest absolute Gasteiger partial charge is 0.508 e. The summed E-state index contributed by atoms with van der Waals surface area (Å²) in [6, 6.07) is 10.4. The molecular weight excluding hydrogens is 401 g/mol. The van der Waals surface area contributed by atoms with E-state index in [1.807, 2.05) is 19.1 Å². The van der Waals surface area contributed by atoms with Crippen molar-refractivity contribution in [3.8, 4) is 5.75 Å². The zero-order chi connectivity index (χ0) is 22.7. The first-order valence-corrected chi connectivity index (χ1v) is 9.14. The van der Waals surface area contributed by atoms with Gasteiger partial charge in [-0.15, -0.1) is 0 Å². The van der Waals surface area contributed by atoms with Gasteiger partial charge in [-0.25, -0.2) is 4.79 Å². The van der Waals surface area contributed by atoms with Gasteiger partial charge >= 0.3 is 12.1 Å². The van der Waals surface area contributed by atoms with E-state index in [1.165, 1.54) is 17.7 Å². The average molecular weight is 426 g/mol. The highest BCUT2D eigenvalue weighted by molar-refractivity contribution is 5.85. The molecule has 0 spiro atoms. The van der Waals surface area contributed by atoms with Crippen molar-refractivity contribution in [3.63, 3.8) is 0 Å². The molecule has 0 aliphatic rings. The van der Waals surface area contributed by atoms with Crippen molar-refractivity contribution in [3.05, 3.63) is 65.2 Å². The monoisotopic (exact) mass is 426 g/mol. The Morgan fingerprint density at radius 1 is 1.10 bits per heavy atom. The van der Waals surface area contributed by atoms with Crippen molar-refractivity contribution in [1.82, 2.24) is 5.32 Å². The average Bonchev–Trinajstić information content (AvgIpc) is 2.70. The highest BCUT2D eigenvalue weighted by Crippen LogP contribution is 2.29. The lowest BCUT2D eigenvalue weighted by atomic mass is 10.0. The standard InChI is InChI=1S/C14H17F3N2O3.C7H8O/c1-2-22-13(21)11(19-12(20)8-18)7-9-3-5-10(6-4-9)14(15,16)17;1-6-2-4-7(8)5-3-6/h3-6,11H,2,7-8,18H2,1H3,(H,19,20);2-5,8H,1H3. The molecule has 164 valence electrons. The fraction of sp³-hybridized carbons (Fsp3) is 0.333. The van der Waals surface area contributed by atoms with Crippen molar-refractivity contribution in [2.45, 2.75) is 32.5 Å². The number of nitrogens with one attached hydrogen (secondary N) is 1. The fourth-order valence-electron chi connectivity index (χ4n) is 2.30. The third kappa shape index (κ3) is 8.95. The quantitative estimate of drug-likeness (QED) is 0.617. The van der Waals surface area contributed by atoms with Crippen LogP contribution in [0, 0.1) is 6.92 Å². The van der Waals surface area contributed by atoms with Crippen molar-refractivity contribution < 1.29 is 32.6 Å². The number of carbonyl (C=O) groups is 2. The number of rotatable bonds is 6. The highest BCUT2D eigenvalue weighted by atomic mass is 19.4. The van der Waals surface area contributed by atoms with Crippen LogP contribution in [0.3, 0.4) is 0 Å². The molecule has 1 atom stereocenters. The molecule has 0 saturated carbocycles. The minimum absolute atomic E-state index is 0.0166. The van der Waals surface area contributed by atoms with Crippen LogP contribution < -0.4 is 11.1 Å². The number of nitrogens with two attached hydrogens (primary N) is 1. The van der Waals surface area contributed by atoms with Crippen molar-refractivity contribution in [1.29, 1.82) is 0 Å². The van der Waals surface area contributed by atoms with Gasteiger partial charge in [0.15, 0.2) is 0 Å². The van der Waals surface area contributed by atoms with Gasteiger partial charge in [0.05, 0.1) is 18.7 Å². The fourth-order valence-corrected chi connectivity index (χ4v) is 2.30. The van der Waals surface area contributed by atoms with E-state index in [1.54, 1.807) is 19.1 Å². The molecule has 4 N–H and O–H groups in total. The number of esters is 1. The summed E-state index contributed by atoms with van der Waals surface area (Å²) >= 11 is 0. The molecular formula is C21H25F3N2O4. The number of hydrogen-bond donors (Lipinski definition) is 3. The lowest BCUT2D eigenvalue weighted by Gasteiger charge is -2.17. The predicted molar refractivity (Wildman–Crippen MR) is 106 cm³/mol. The number of phenolic OH excluding ortho intramolecular Hbond substituents is 1. The summed E-state index contributed by atoms with van der Waals surface area (Å²) in [6.45, 7) is 3.42. The van der Waals surface area contributed by atoms with Crippen LogP contribution in [0.1, 0.15) is 23.6 Å². The maximum Gasteiger partial charge on any atom is 0.416 e. The summed E-state index contributed by atoms with van der Waals surface area (Å²) in [5.74, 6) is -0.884. The van der Waals surface area contributed by atoms with E-state index in [4.69, 9.17) is 15.6 Å². The van der Waals surface area contributed by atoms with Gasteiger partial charge in [-0.1, -0.05) is 29.8 Å². The van der Waals surface area contributed by atoms with E-state index >= 15 is 0 Å². The van der Waals surface area contributed by atoms with Gasteiger partial charge in [0.2, 0.25) is 5.91 Å². The maximum atomic E-state index is 12.5. The predicted octanol–water partition coefficient (Wildman–Crippen LogP) is 2.96. The third-order valence-electron chi connectivity index (χ3n) is 3.85. The molecule has 9 heteroatoms.